The summed E-state index contributed by atoms with van der Waals surface area (Å²) >= 11 is 5.90. The molecule has 7 heteroatoms. The number of halogens is 1. The molecule has 1 aromatic heterocycles. The molecule has 0 saturated carbocycles. The molecule has 0 atom stereocenters. The van der Waals surface area contributed by atoms with E-state index in [1.807, 2.05) is 53.2 Å². The summed E-state index contributed by atoms with van der Waals surface area (Å²) in [5, 5.41) is 13.9. The molecule has 2 aromatic carbocycles. The normalized spacial score (nSPS) is 10.9. The van der Waals surface area contributed by atoms with Crippen LogP contribution < -0.4 is 4.74 Å². The summed E-state index contributed by atoms with van der Waals surface area (Å²) in [5.74, 6) is 2.19. The Morgan fingerprint density at radius 2 is 2.07 bits per heavy atom. The summed E-state index contributed by atoms with van der Waals surface area (Å²) in [4.78, 5) is 15.3. The lowest BCUT2D eigenvalue weighted by molar-refractivity contribution is -0.142. The van der Waals surface area contributed by atoms with Gasteiger partial charge >= 0.3 is 5.97 Å². The number of nitrogens with zero attached hydrogens (tertiary/aromatic N) is 2. The molecule has 0 radical (unpaired) electrons. The van der Waals surface area contributed by atoms with E-state index in [2.05, 4.69) is 11.1 Å². The zero-order chi connectivity index (χ0) is 19.9. The fraction of sp³-hybridized carbons (Fsp3) is 0.143. The Balaban J connectivity index is 1.83. The van der Waals surface area contributed by atoms with E-state index in [4.69, 9.17) is 32.7 Å². The molecule has 0 aliphatic carbocycles. The van der Waals surface area contributed by atoms with Gasteiger partial charge in [-0.05, 0) is 35.9 Å². The van der Waals surface area contributed by atoms with Gasteiger partial charge in [-0.1, -0.05) is 34.8 Å². The number of aromatic nitrogens is 1. The highest BCUT2D eigenvalue weighted by atomic mass is 35.5. The first kappa shape index (κ1) is 19.3. The highest BCUT2D eigenvalue weighted by Crippen LogP contribution is 2.26. The summed E-state index contributed by atoms with van der Waals surface area (Å²) < 4.78 is 7.77. The third-order valence-electron chi connectivity index (χ3n) is 3.92. The van der Waals surface area contributed by atoms with Crippen LogP contribution >= 0.6 is 11.6 Å². The Bertz CT molecular complexity index is 1050. The van der Waals surface area contributed by atoms with Crippen molar-refractivity contribution >= 4 is 34.7 Å². The molecule has 0 aliphatic rings. The molecule has 1 N–H and O–H groups in total. The van der Waals surface area contributed by atoms with Crippen molar-refractivity contribution < 1.29 is 19.5 Å². The number of fused-ring (bicyclic) bond motifs is 1. The van der Waals surface area contributed by atoms with Crippen molar-refractivity contribution in [2.45, 2.75) is 13.2 Å². The third kappa shape index (κ3) is 4.84. The van der Waals surface area contributed by atoms with Gasteiger partial charge in [0.15, 0.2) is 0 Å². The van der Waals surface area contributed by atoms with Crippen LogP contribution in [0.1, 0.15) is 11.1 Å². The van der Waals surface area contributed by atoms with Crippen molar-refractivity contribution in [2.75, 3.05) is 6.61 Å². The van der Waals surface area contributed by atoms with Crippen LogP contribution in [0.5, 0.6) is 5.75 Å². The molecule has 0 saturated heterocycles. The first-order chi connectivity index (χ1) is 13.6. The monoisotopic (exact) mass is 396 g/mol. The Labute approximate surface area is 166 Å². The smallest absolute Gasteiger partial charge is 0.344 e. The number of aliphatic carboxylic acids is 1. The van der Waals surface area contributed by atoms with Crippen molar-refractivity contribution in [3.8, 4) is 18.1 Å². The predicted molar refractivity (Wildman–Crippen MR) is 108 cm³/mol. The zero-order valence-corrected chi connectivity index (χ0v) is 15.6. The number of terminal acetylenes is 1. The Morgan fingerprint density at radius 1 is 1.29 bits per heavy atom. The van der Waals surface area contributed by atoms with Gasteiger partial charge in [0.25, 0.3) is 0 Å². The van der Waals surface area contributed by atoms with Crippen molar-refractivity contribution in [3.63, 3.8) is 0 Å². The van der Waals surface area contributed by atoms with E-state index in [0.717, 1.165) is 22.0 Å². The van der Waals surface area contributed by atoms with Crippen LogP contribution in [0, 0.1) is 12.3 Å². The van der Waals surface area contributed by atoms with Gasteiger partial charge in [-0.3, -0.25) is 0 Å². The lowest BCUT2D eigenvalue weighted by Crippen LogP contribution is -2.03. The highest BCUT2D eigenvalue weighted by molar-refractivity contribution is 6.30. The molecule has 1 heterocycles. The van der Waals surface area contributed by atoms with Gasteiger partial charge in [0.2, 0.25) is 6.61 Å². The largest absolute Gasteiger partial charge is 0.489 e. The molecule has 0 fully saturated rings. The van der Waals surface area contributed by atoms with Gasteiger partial charge in [0.05, 0.1) is 12.8 Å². The van der Waals surface area contributed by atoms with Crippen LogP contribution in [-0.2, 0) is 22.8 Å². The van der Waals surface area contributed by atoms with Crippen LogP contribution in [-0.4, -0.2) is 28.5 Å². The molecule has 6 nitrogen and oxygen atoms in total. The molecule has 0 aliphatic heterocycles. The average Bonchev–Trinajstić information content (AvgIpc) is 3.02. The standard InChI is InChI=1S/C21H17ClN2O4/c1-2-9-24-12-16(11-23-28-14-21(25)26)19-10-18(7-8-20(19)24)27-13-15-3-5-17(22)6-4-15/h1,3-8,10-12H,9,13-14H2,(H,25,26). The van der Waals surface area contributed by atoms with Crippen molar-refractivity contribution in [1.82, 2.24) is 4.57 Å². The topological polar surface area (TPSA) is 73.1 Å². The van der Waals surface area contributed by atoms with E-state index >= 15 is 0 Å². The van der Waals surface area contributed by atoms with E-state index in [1.165, 1.54) is 6.21 Å². The van der Waals surface area contributed by atoms with Crippen molar-refractivity contribution in [3.05, 3.63) is 64.8 Å². The summed E-state index contributed by atoms with van der Waals surface area (Å²) in [6.07, 6.45) is 8.73. The molecule has 0 bridgehead atoms. The summed E-state index contributed by atoms with van der Waals surface area (Å²) in [6, 6.07) is 13.1. The van der Waals surface area contributed by atoms with Crippen molar-refractivity contribution in [2.24, 2.45) is 5.16 Å². The second-order valence-corrected chi connectivity index (χ2v) is 6.35. The molecular formula is C21H17ClN2O4. The van der Waals surface area contributed by atoms with Gasteiger partial charge < -0.3 is 19.2 Å². The lowest BCUT2D eigenvalue weighted by Gasteiger charge is -2.07. The maximum Gasteiger partial charge on any atom is 0.344 e. The third-order valence-corrected chi connectivity index (χ3v) is 4.17. The number of carboxylic acids is 1. The first-order valence-electron chi connectivity index (χ1n) is 8.37. The minimum Gasteiger partial charge on any atom is -0.489 e. The van der Waals surface area contributed by atoms with Crippen molar-refractivity contribution in [1.29, 1.82) is 0 Å². The Morgan fingerprint density at radius 3 is 2.79 bits per heavy atom. The van der Waals surface area contributed by atoms with E-state index in [9.17, 15) is 4.79 Å². The number of carbonyl (C=O) groups is 1. The Hall–Kier alpha value is -3.43. The highest BCUT2D eigenvalue weighted by Gasteiger charge is 2.09. The SMILES string of the molecule is C#CCn1cc(C=NOCC(=O)O)c2cc(OCc3ccc(Cl)cc3)ccc21. The number of carboxylic acid groups (broad SMARTS) is 1. The first-order valence-corrected chi connectivity index (χ1v) is 8.75. The quantitative estimate of drug-likeness (QED) is 0.355. The molecular weight excluding hydrogens is 380 g/mol. The van der Waals surface area contributed by atoms with Crippen LogP contribution in [0.3, 0.4) is 0 Å². The summed E-state index contributed by atoms with van der Waals surface area (Å²) in [6.45, 7) is 0.291. The van der Waals surface area contributed by atoms with E-state index in [1.54, 1.807) is 0 Å². The lowest BCUT2D eigenvalue weighted by atomic mass is 10.2. The van der Waals surface area contributed by atoms with Crippen LogP contribution in [0.25, 0.3) is 10.9 Å². The number of oxime groups is 1. The average molecular weight is 397 g/mol. The van der Waals surface area contributed by atoms with Gasteiger partial charge in [-0.2, -0.15) is 0 Å². The van der Waals surface area contributed by atoms with Crippen LogP contribution in [0.2, 0.25) is 5.02 Å². The summed E-state index contributed by atoms with van der Waals surface area (Å²) in [7, 11) is 0. The number of rotatable bonds is 8. The molecule has 0 amide bonds. The fourth-order valence-corrected chi connectivity index (χ4v) is 2.79. The van der Waals surface area contributed by atoms with E-state index in [0.29, 0.717) is 23.9 Å². The summed E-state index contributed by atoms with van der Waals surface area (Å²) in [5.41, 5.74) is 2.65. The number of benzene rings is 2. The second-order valence-electron chi connectivity index (χ2n) is 5.91. The molecule has 3 aromatic rings. The molecule has 142 valence electrons. The maximum absolute atomic E-state index is 10.5. The number of hydrogen-bond acceptors (Lipinski definition) is 4. The minimum absolute atomic E-state index is 0.394. The van der Waals surface area contributed by atoms with Crippen LogP contribution in [0.15, 0.2) is 53.8 Å². The predicted octanol–water partition coefficient (Wildman–Crippen LogP) is 3.94. The minimum atomic E-state index is -1.09. The second kappa shape index (κ2) is 8.98. The molecule has 0 unspecified atom stereocenters. The van der Waals surface area contributed by atoms with Gasteiger partial charge in [-0.25, -0.2) is 4.79 Å². The van der Waals surface area contributed by atoms with Gasteiger partial charge in [0.1, 0.15) is 12.4 Å². The molecule has 28 heavy (non-hydrogen) atoms. The molecule has 0 spiro atoms. The van der Waals surface area contributed by atoms with Gasteiger partial charge in [-0.15, -0.1) is 6.42 Å². The Kier molecular flexibility index (Phi) is 6.20. The van der Waals surface area contributed by atoms with Gasteiger partial charge in [0, 0.05) is 27.7 Å². The molecule has 3 rings (SSSR count). The van der Waals surface area contributed by atoms with E-state index in [-0.39, 0.29) is 0 Å². The number of hydrogen-bond donors (Lipinski definition) is 1. The zero-order valence-electron chi connectivity index (χ0n) is 14.8. The van der Waals surface area contributed by atoms with E-state index < -0.39 is 12.6 Å². The fourth-order valence-electron chi connectivity index (χ4n) is 2.66. The van der Waals surface area contributed by atoms with Crippen LogP contribution in [0.4, 0.5) is 0 Å². The number of ether oxygens (including phenoxy) is 1. The maximum atomic E-state index is 10.5.